The molecule has 2 nitrogen and oxygen atoms in total. The fourth-order valence-corrected chi connectivity index (χ4v) is 7.16. The van der Waals surface area contributed by atoms with Crippen molar-refractivity contribution >= 4 is 5.78 Å². The molecule has 2 heteroatoms. The highest BCUT2D eigenvalue weighted by Gasteiger charge is 2.62. The predicted molar refractivity (Wildman–Crippen MR) is 90.4 cm³/mol. The van der Waals surface area contributed by atoms with Gasteiger partial charge in [-0.15, -0.1) is 0 Å². The van der Waals surface area contributed by atoms with Crippen LogP contribution >= 0.6 is 0 Å². The molecule has 124 valence electrons. The van der Waals surface area contributed by atoms with E-state index < -0.39 is 0 Å². The van der Waals surface area contributed by atoms with Crippen molar-refractivity contribution in [1.29, 1.82) is 5.26 Å². The van der Waals surface area contributed by atoms with Gasteiger partial charge in [0.25, 0.3) is 0 Å². The number of nitriles is 1. The van der Waals surface area contributed by atoms with E-state index in [0.717, 1.165) is 49.9 Å². The van der Waals surface area contributed by atoms with Crippen LogP contribution in [0.25, 0.3) is 0 Å². The molecule has 0 unspecified atom stereocenters. The Hall–Kier alpha value is -1.10. The van der Waals surface area contributed by atoms with E-state index in [9.17, 15) is 10.1 Å². The Morgan fingerprint density at radius 2 is 2.00 bits per heavy atom. The lowest BCUT2D eigenvalue weighted by molar-refractivity contribution is -0.116. The molecule has 0 aromatic heterocycles. The largest absolute Gasteiger partial charge is 0.295 e. The SMILES string of the molecule is CC[C@]1(C#N)CC[C@H]2[C@@H]3CCC4=CC(=O)CC[C@@H]4[C@H]3CC[C@@]21C. The molecule has 0 aromatic carbocycles. The highest BCUT2D eigenvalue weighted by atomic mass is 16.1. The zero-order valence-electron chi connectivity index (χ0n) is 14.6. The second kappa shape index (κ2) is 5.20. The highest BCUT2D eigenvalue weighted by Crippen LogP contribution is 2.68. The summed E-state index contributed by atoms with van der Waals surface area (Å²) in [5, 5.41) is 9.94. The minimum Gasteiger partial charge on any atom is -0.295 e. The van der Waals surface area contributed by atoms with Crippen LogP contribution in [-0.4, -0.2) is 5.78 Å². The van der Waals surface area contributed by atoms with E-state index in [1.807, 2.05) is 6.08 Å². The van der Waals surface area contributed by atoms with Crippen LogP contribution in [0.5, 0.6) is 0 Å². The molecule has 0 spiro atoms. The molecule has 0 heterocycles. The van der Waals surface area contributed by atoms with Crippen LogP contribution in [-0.2, 0) is 4.79 Å². The van der Waals surface area contributed by atoms with Crippen LogP contribution in [0.15, 0.2) is 11.6 Å². The summed E-state index contributed by atoms with van der Waals surface area (Å²) in [7, 11) is 0. The van der Waals surface area contributed by atoms with E-state index in [-0.39, 0.29) is 10.8 Å². The first-order chi connectivity index (χ1) is 11.0. The molecule has 3 saturated carbocycles. The molecule has 4 aliphatic carbocycles. The average Bonchev–Trinajstić information content (AvgIpc) is 2.87. The van der Waals surface area contributed by atoms with Crippen molar-refractivity contribution in [3.05, 3.63) is 11.6 Å². The lowest BCUT2D eigenvalue weighted by Gasteiger charge is -2.55. The number of nitrogens with zero attached hydrogens (tertiary/aromatic N) is 1. The van der Waals surface area contributed by atoms with Crippen molar-refractivity contribution in [2.45, 2.75) is 71.6 Å². The predicted octanol–water partition coefficient (Wildman–Crippen LogP) is 5.05. The van der Waals surface area contributed by atoms with Gasteiger partial charge < -0.3 is 0 Å². The zero-order valence-corrected chi connectivity index (χ0v) is 14.6. The number of carbonyl (C=O) groups excluding carboxylic acids is 1. The molecule has 3 fully saturated rings. The van der Waals surface area contributed by atoms with E-state index in [1.54, 1.807) is 0 Å². The van der Waals surface area contributed by atoms with E-state index >= 15 is 0 Å². The number of fused-ring (bicyclic) bond motifs is 5. The third kappa shape index (κ3) is 1.95. The van der Waals surface area contributed by atoms with E-state index in [4.69, 9.17) is 0 Å². The van der Waals surface area contributed by atoms with E-state index in [2.05, 4.69) is 19.9 Å². The minimum absolute atomic E-state index is 0.0821. The van der Waals surface area contributed by atoms with Gasteiger partial charge in [-0.05, 0) is 86.5 Å². The van der Waals surface area contributed by atoms with Crippen LogP contribution in [0.1, 0.15) is 71.6 Å². The molecule has 4 aliphatic rings. The number of hydrogen-bond donors (Lipinski definition) is 0. The first kappa shape index (κ1) is 15.4. The van der Waals surface area contributed by atoms with E-state index in [1.165, 1.54) is 31.3 Å². The Balaban J connectivity index is 1.65. The summed E-state index contributed by atoms with van der Waals surface area (Å²) >= 11 is 0. The zero-order chi connectivity index (χ0) is 16.2. The minimum atomic E-state index is -0.0821. The lowest BCUT2D eigenvalue weighted by atomic mass is 9.48. The first-order valence-corrected chi connectivity index (χ1v) is 9.69. The Morgan fingerprint density at radius 1 is 1.17 bits per heavy atom. The molecule has 0 aromatic rings. The third-order valence-corrected chi connectivity index (χ3v) is 8.48. The Bertz CT molecular complexity index is 599. The maximum absolute atomic E-state index is 11.8. The second-order valence-corrected chi connectivity index (χ2v) is 8.85. The number of rotatable bonds is 1. The van der Waals surface area contributed by atoms with E-state index in [0.29, 0.717) is 11.7 Å². The normalized spacial score (nSPS) is 48.7. The van der Waals surface area contributed by atoms with Gasteiger partial charge in [-0.2, -0.15) is 5.26 Å². The maximum atomic E-state index is 11.8. The molecule has 0 saturated heterocycles. The second-order valence-electron chi connectivity index (χ2n) is 8.85. The molecule has 0 aliphatic heterocycles. The van der Waals surface area contributed by atoms with Gasteiger partial charge in [0.15, 0.2) is 5.78 Å². The summed E-state index contributed by atoms with van der Waals surface area (Å²) in [6, 6.07) is 2.77. The number of hydrogen-bond acceptors (Lipinski definition) is 2. The van der Waals surface area contributed by atoms with Crippen molar-refractivity contribution in [1.82, 2.24) is 0 Å². The molecule has 0 N–H and O–H groups in total. The highest BCUT2D eigenvalue weighted by molar-refractivity contribution is 5.91. The molecule has 0 amide bonds. The summed E-state index contributed by atoms with van der Waals surface area (Å²) in [6.45, 7) is 4.65. The fraction of sp³-hybridized carbons (Fsp3) is 0.810. The summed E-state index contributed by atoms with van der Waals surface area (Å²) in [5.74, 6) is 3.35. The Labute approximate surface area is 140 Å². The number of allylic oxidation sites excluding steroid dienone is 1. The number of ketones is 1. The molecule has 4 rings (SSSR count). The first-order valence-electron chi connectivity index (χ1n) is 9.69. The lowest BCUT2D eigenvalue weighted by Crippen LogP contribution is -2.49. The van der Waals surface area contributed by atoms with Crippen LogP contribution < -0.4 is 0 Å². The fourth-order valence-electron chi connectivity index (χ4n) is 7.16. The van der Waals surface area contributed by atoms with Crippen LogP contribution in [0.4, 0.5) is 0 Å². The summed E-state index contributed by atoms with van der Waals surface area (Å²) < 4.78 is 0. The van der Waals surface area contributed by atoms with Gasteiger partial charge in [-0.25, -0.2) is 0 Å². The topological polar surface area (TPSA) is 40.9 Å². The van der Waals surface area contributed by atoms with Crippen LogP contribution in [0, 0.1) is 45.8 Å². The average molecular weight is 311 g/mol. The van der Waals surface area contributed by atoms with Gasteiger partial charge in [-0.3, -0.25) is 4.79 Å². The third-order valence-electron chi connectivity index (χ3n) is 8.48. The Morgan fingerprint density at radius 3 is 2.74 bits per heavy atom. The molecule has 0 bridgehead atoms. The molecular formula is C21H29NO. The van der Waals surface area contributed by atoms with Crippen molar-refractivity contribution < 1.29 is 4.79 Å². The quantitative estimate of drug-likeness (QED) is 0.680. The Kier molecular flexibility index (Phi) is 3.49. The van der Waals surface area contributed by atoms with Crippen molar-refractivity contribution in [3.63, 3.8) is 0 Å². The summed E-state index contributed by atoms with van der Waals surface area (Å²) in [6.07, 6.45) is 12.1. The van der Waals surface area contributed by atoms with Gasteiger partial charge in [0.05, 0.1) is 11.5 Å². The van der Waals surface area contributed by atoms with Crippen molar-refractivity contribution in [2.24, 2.45) is 34.5 Å². The smallest absolute Gasteiger partial charge is 0.155 e. The van der Waals surface area contributed by atoms with Crippen molar-refractivity contribution in [2.75, 3.05) is 0 Å². The number of carbonyl (C=O) groups is 1. The van der Waals surface area contributed by atoms with Gasteiger partial charge in [0.2, 0.25) is 0 Å². The summed E-state index contributed by atoms with van der Waals surface area (Å²) in [4.78, 5) is 11.8. The van der Waals surface area contributed by atoms with Gasteiger partial charge in [0, 0.05) is 6.42 Å². The molecule has 6 atom stereocenters. The molecular weight excluding hydrogens is 282 g/mol. The van der Waals surface area contributed by atoms with Crippen LogP contribution in [0.3, 0.4) is 0 Å². The summed E-state index contributed by atoms with van der Waals surface area (Å²) in [5.41, 5.74) is 1.61. The maximum Gasteiger partial charge on any atom is 0.155 e. The van der Waals surface area contributed by atoms with Gasteiger partial charge >= 0.3 is 0 Å². The van der Waals surface area contributed by atoms with Gasteiger partial charge in [-0.1, -0.05) is 19.4 Å². The molecule has 0 radical (unpaired) electrons. The van der Waals surface area contributed by atoms with Crippen LogP contribution in [0.2, 0.25) is 0 Å². The molecule has 23 heavy (non-hydrogen) atoms. The van der Waals surface area contributed by atoms with Crippen molar-refractivity contribution in [3.8, 4) is 6.07 Å². The standard InChI is InChI=1S/C21H29NO/c1-3-21(13-22)11-9-19-18-6-4-14-12-15(23)5-7-16(14)17(18)8-10-20(19,21)2/h12,16-19H,3-11H2,1-2H3/t16-,17+,18+,19-,20-,21+/m0/s1. The monoisotopic (exact) mass is 311 g/mol. The van der Waals surface area contributed by atoms with Gasteiger partial charge in [0.1, 0.15) is 0 Å².